The lowest BCUT2D eigenvalue weighted by Gasteiger charge is -2.31. The van der Waals surface area contributed by atoms with Crippen LogP contribution in [-0.2, 0) is 17.1 Å². The van der Waals surface area contributed by atoms with E-state index in [0.717, 1.165) is 25.9 Å². The summed E-state index contributed by atoms with van der Waals surface area (Å²) in [5, 5.41) is 7.49. The fourth-order valence-corrected chi connectivity index (χ4v) is 4.59. The molecule has 1 aliphatic rings. The number of hydrogen-bond donors (Lipinski definition) is 1. The van der Waals surface area contributed by atoms with Crippen LogP contribution in [0.25, 0.3) is 0 Å². The first kappa shape index (κ1) is 18.7. The van der Waals surface area contributed by atoms with Crippen molar-refractivity contribution in [1.82, 2.24) is 19.4 Å². The molecule has 0 radical (unpaired) electrons. The third kappa shape index (κ3) is 4.10. The minimum absolute atomic E-state index is 0. The van der Waals surface area contributed by atoms with Crippen molar-refractivity contribution < 1.29 is 8.42 Å². The van der Waals surface area contributed by atoms with Crippen molar-refractivity contribution in [3.8, 4) is 0 Å². The van der Waals surface area contributed by atoms with Gasteiger partial charge in [-0.05, 0) is 31.8 Å². The molecule has 0 amide bonds. The van der Waals surface area contributed by atoms with E-state index in [2.05, 4.69) is 17.3 Å². The largest absolute Gasteiger partial charge is 0.317 e. The highest BCUT2D eigenvalue weighted by molar-refractivity contribution is 7.89. The molecule has 1 aromatic rings. The van der Waals surface area contributed by atoms with Crippen LogP contribution in [0.15, 0.2) is 11.2 Å². The van der Waals surface area contributed by atoms with Gasteiger partial charge in [-0.15, -0.1) is 12.4 Å². The normalized spacial score (nSPS) is 17.7. The first-order chi connectivity index (χ1) is 9.46. The van der Waals surface area contributed by atoms with Gasteiger partial charge in [0.25, 0.3) is 10.0 Å². The van der Waals surface area contributed by atoms with Crippen molar-refractivity contribution in [2.24, 2.45) is 13.0 Å². The zero-order valence-corrected chi connectivity index (χ0v) is 14.6. The summed E-state index contributed by atoms with van der Waals surface area (Å²) in [7, 11) is -1.95. The average molecular weight is 357 g/mol. The van der Waals surface area contributed by atoms with Crippen molar-refractivity contribution in [2.75, 3.05) is 26.2 Å². The number of piperidine rings is 1. The first-order valence-electron chi connectivity index (χ1n) is 6.85. The standard InChI is InChI=1S/C12H21ClN4O2S.ClH/c1-3-14-8-10-4-6-17(7-5-10)20(18,19)12-11(13)9-15-16(12)2;/h9-10,14H,3-8H2,1-2H3;1H. The number of nitrogens with zero attached hydrogens (tertiary/aromatic N) is 3. The molecule has 0 aliphatic carbocycles. The summed E-state index contributed by atoms with van der Waals surface area (Å²) < 4.78 is 28.0. The van der Waals surface area contributed by atoms with Crippen LogP contribution < -0.4 is 5.32 Å². The van der Waals surface area contributed by atoms with Gasteiger partial charge in [-0.25, -0.2) is 8.42 Å². The van der Waals surface area contributed by atoms with Gasteiger partial charge in [0.1, 0.15) is 0 Å². The summed E-state index contributed by atoms with van der Waals surface area (Å²) in [4.78, 5) is 0. The molecule has 0 unspecified atom stereocenters. The second-order valence-electron chi connectivity index (χ2n) is 5.08. The number of hydrogen-bond acceptors (Lipinski definition) is 4. The number of rotatable bonds is 5. The lowest BCUT2D eigenvalue weighted by molar-refractivity contribution is 0.267. The number of nitrogens with one attached hydrogen (secondary N) is 1. The summed E-state index contributed by atoms with van der Waals surface area (Å²) in [6.45, 7) is 5.06. The van der Waals surface area contributed by atoms with E-state index in [1.54, 1.807) is 7.05 Å². The molecule has 0 bridgehead atoms. The van der Waals surface area contributed by atoms with Crippen molar-refractivity contribution in [3.05, 3.63) is 11.2 Å². The molecule has 0 saturated carbocycles. The minimum atomic E-state index is -3.54. The van der Waals surface area contributed by atoms with Gasteiger partial charge in [-0.3, -0.25) is 4.68 Å². The summed E-state index contributed by atoms with van der Waals surface area (Å²) in [5.41, 5.74) is 0. The van der Waals surface area contributed by atoms with Crippen molar-refractivity contribution in [3.63, 3.8) is 0 Å². The number of sulfonamides is 1. The van der Waals surface area contributed by atoms with Gasteiger partial charge in [-0.2, -0.15) is 9.40 Å². The highest BCUT2D eigenvalue weighted by atomic mass is 35.5. The van der Waals surface area contributed by atoms with Crippen LogP contribution in [0.3, 0.4) is 0 Å². The number of halogens is 2. The molecule has 1 N–H and O–H groups in total. The lowest BCUT2D eigenvalue weighted by Crippen LogP contribution is -2.41. The number of aromatic nitrogens is 2. The van der Waals surface area contributed by atoms with Crippen LogP contribution in [0, 0.1) is 5.92 Å². The zero-order valence-electron chi connectivity index (χ0n) is 12.2. The molecule has 1 aliphatic heterocycles. The van der Waals surface area contributed by atoms with Crippen LogP contribution in [-0.4, -0.2) is 48.7 Å². The molecule has 21 heavy (non-hydrogen) atoms. The van der Waals surface area contributed by atoms with E-state index in [1.165, 1.54) is 15.2 Å². The molecular weight excluding hydrogens is 335 g/mol. The van der Waals surface area contributed by atoms with E-state index in [9.17, 15) is 8.42 Å². The topological polar surface area (TPSA) is 67.2 Å². The Morgan fingerprint density at radius 2 is 2.05 bits per heavy atom. The molecule has 2 rings (SSSR count). The molecule has 6 nitrogen and oxygen atoms in total. The Balaban J connectivity index is 0.00000220. The van der Waals surface area contributed by atoms with E-state index >= 15 is 0 Å². The Morgan fingerprint density at radius 3 is 2.52 bits per heavy atom. The second-order valence-corrected chi connectivity index (χ2v) is 7.34. The summed E-state index contributed by atoms with van der Waals surface area (Å²) in [5.74, 6) is 0.545. The highest BCUT2D eigenvalue weighted by Gasteiger charge is 2.33. The monoisotopic (exact) mass is 356 g/mol. The average Bonchev–Trinajstić information content (AvgIpc) is 2.77. The fourth-order valence-electron chi connectivity index (χ4n) is 2.51. The maximum absolute atomic E-state index is 12.6. The Hall–Kier alpha value is -0.340. The van der Waals surface area contributed by atoms with Crippen LogP contribution in [0.4, 0.5) is 0 Å². The molecule has 122 valence electrons. The van der Waals surface area contributed by atoms with E-state index in [-0.39, 0.29) is 22.5 Å². The summed E-state index contributed by atoms with van der Waals surface area (Å²) in [6.07, 6.45) is 3.12. The SMILES string of the molecule is CCNCC1CCN(S(=O)(=O)c2c(Cl)cnn2C)CC1.Cl. The van der Waals surface area contributed by atoms with Gasteiger partial charge in [-0.1, -0.05) is 18.5 Å². The van der Waals surface area contributed by atoms with Gasteiger partial charge in [0.05, 0.1) is 11.2 Å². The lowest BCUT2D eigenvalue weighted by atomic mass is 9.98. The van der Waals surface area contributed by atoms with Gasteiger partial charge in [0, 0.05) is 20.1 Å². The Labute approximate surface area is 137 Å². The summed E-state index contributed by atoms with van der Waals surface area (Å²) >= 11 is 5.95. The molecule has 0 atom stereocenters. The molecule has 1 saturated heterocycles. The fraction of sp³-hybridized carbons (Fsp3) is 0.750. The van der Waals surface area contributed by atoms with Gasteiger partial charge < -0.3 is 5.32 Å². The maximum Gasteiger partial charge on any atom is 0.261 e. The molecule has 1 aromatic heterocycles. The predicted octanol–water partition coefficient (Wildman–Crippen LogP) is 1.51. The second kappa shape index (κ2) is 7.78. The molecule has 9 heteroatoms. The van der Waals surface area contributed by atoms with Crippen LogP contribution in [0.5, 0.6) is 0 Å². The molecule has 1 fully saturated rings. The third-order valence-electron chi connectivity index (χ3n) is 3.68. The third-order valence-corrected chi connectivity index (χ3v) is 6.09. The smallest absolute Gasteiger partial charge is 0.261 e. The molecule has 0 spiro atoms. The first-order valence-corrected chi connectivity index (χ1v) is 8.67. The Morgan fingerprint density at radius 1 is 1.43 bits per heavy atom. The minimum Gasteiger partial charge on any atom is -0.317 e. The predicted molar refractivity (Wildman–Crippen MR) is 85.5 cm³/mol. The van der Waals surface area contributed by atoms with Crippen molar-refractivity contribution in [1.29, 1.82) is 0 Å². The van der Waals surface area contributed by atoms with Gasteiger partial charge >= 0.3 is 0 Å². The van der Waals surface area contributed by atoms with E-state index in [4.69, 9.17) is 11.6 Å². The van der Waals surface area contributed by atoms with Gasteiger partial charge in [0.15, 0.2) is 5.03 Å². The Kier molecular flexibility index (Phi) is 6.93. The molecule has 0 aromatic carbocycles. The van der Waals surface area contributed by atoms with Crippen LogP contribution >= 0.6 is 24.0 Å². The van der Waals surface area contributed by atoms with Crippen molar-refractivity contribution in [2.45, 2.75) is 24.8 Å². The van der Waals surface area contributed by atoms with Crippen LogP contribution in [0.2, 0.25) is 5.02 Å². The highest BCUT2D eigenvalue weighted by Crippen LogP contribution is 2.27. The maximum atomic E-state index is 12.6. The number of aryl methyl sites for hydroxylation is 1. The van der Waals surface area contributed by atoms with E-state index < -0.39 is 10.0 Å². The molecule has 2 heterocycles. The molecular formula is C12H22Cl2N4O2S. The van der Waals surface area contributed by atoms with Crippen LogP contribution in [0.1, 0.15) is 19.8 Å². The Bertz CT molecular complexity index is 534. The van der Waals surface area contributed by atoms with Gasteiger partial charge in [0.2, 0.25) is 0 Å². The van der Waals surface area contributed by atoms with E-state index in [1.807, 2.05) is 0 Å². The van der Waals surface area contributed by atoms with E-state index in [0.29, 0.717) is 19.0 Å². The zero-order chi connectivity index (χ0) is 14.8. The summed E-state index contributed by atoms with van der Waals surface area (Å²) in [6, 6.07) is 0. The van der Waals surface area contributed by atoms with Crippen molar-refractivity contribution >= 4 is 34.0 Å². The quantitative estimate of drug-likeness (QED) is 0.867.